The Hall–Kier alpha value is -1.49. The fraction of sp³-hybridized carbons (Fsp3) is 0.462. The summed E-state index contributed by atoms with van der Waals surface area (Å²) >= 11 is 0. The molecule has 1 aromatic rings. The van der Waals surface area contributed by atoms with Crippen molar-refractivity contribution in [1.82, 2.24) is 5.32 Å². The van der Waals surface area contributed by atoms with Gasteiger partial charge in [0.15, 0.2) is 0 Å². The standard InChI is InChI=1S/C13H16F2N2O/c1-8(16)12(18)17-7-13(4-5-13)10-3-2-9(14)6-11(10)15/h2-3,6,8H,4-5,7,16H2,1H3,(H,17,18). The van der Waals surface area contributed by atoms with Crippen molar-refractivity contribution in [2.45, 2.75) is 31.2 Å². The van der Waals surface area contributed by atoms with Gasteiger partial charge in [0, 0.05) is 18.0 Å². The molecule has 0 aromatic heterocycles. The average molecular weight is 254 g/mol. The number of hydrogen-bond acceptors (Lipinski definition) is 2. The van der Waals surface area contributed by atoms with E-state index in [0.29, 0.717) is 12.1 Å². The Labute approximate surface area is 104 Å². The Bertz CT molecular complexity index is 470. The van der Waals surface area contributed by atoms with Crippen LogP contribution < -0.4 is 11.1 Å². The van der Waals surface area contributed by atoms with Crippen LogP contribution in [0.1, 0.15) is 25.3 Å². The monoisotopic (exact) mass is 254 g/mol. The molecule has 1 aliphatic carbocycles. The van der Waals surface area contributed by atoms with Crippen molar-refractivity contribution in [2.75, 3.05) is 6.54 Å². The second kappa shape index (κ2) is 4.65. The van der Waals surface area contributed by atoms with E-state index in [0.717, 1.165) is 18.9 Å². The van der Waals surface area contributed by atoms with Gasteiger partial charge in [-0.2, -0.15) is 0 Å². The van der Waals surface area contributed by atoms with Crippen molar-refractivity contribution < 1.29 is 13.6 Å². The van der Waals surface area contributed by atoms with Gasteiger partial charge in [-0.15, -0.1) is 0 Å². The number of hydrogen-bond donors (Lipinski definition) is 2. The van der Waals surface area contributed by atoms with E-state index >= 15 is 0 Å². The number of nitrogens with one attached hydrogen (secondary N) is 1. The Morgan fingerprint density at radius 1 is 1.50 bits per heavy atom. The SMILES string of the molecule is CC(N)C(=O)NCC1(c2ccc(F)cc2F)CC1. The molecule has 0 bridgehead atoms. The third kappa shape index (κ3) is 2.51. The average Bonchev–Trinajstić information content (AvgIpc) is 3.06. The summed E-state index contributed by atoms with van der Waals surface area (Å²) in [5.41, 5.74) is 5.52. The van der Waals surface area contributed by atoms with Crippen LogP contribution >= 0.6 is 0 Å². The number of amides is 1. The van der Waals surface area contributed by atoms with Gasteiger partial charge in [0.25, 0.3) is 0 Å². The van der Waals surface area contributed by atoms with Crippen molar-refractivity contribution in [2.24, 2.45) is 5.73 Å². The van der Waals surface area contributed by atoms with E-state index < -0.39 is 17.7 Å². The highest BCUT2D eigenvalue weighted by Crippen LogP contribution is 2.48. The number of nitrogens with two attached hydrogens (primary N) is 1. The third-order valence-corrected chi connectivity index (χ3v) is 3.37. The highest BCUT2D eigenvalue weighted by Gasteiger charge is 2.46. The molecule has 1 aliphatic rings. The van der Waals surface area contributed by atoms with E-state index in [2.05, 4.69) is 5.32 Å². The van der Waals surface area contributed by atoms with Crippen molar-refractivity contribution in [3.63, 3.8) is 0 Å². The fourth-order valence-corrected chi connectivity index (χ4v) is 2.03. The summed E-state index contributed by atoms with van der Waals surface area (Å²) in [5.74, 6) is -1.40. The molecule has 0 saturated heterocycles. The van der Waals surface area contributed by atoms with Crippen LogP contribution in [0, 0.1) is 11.6 Å². The zero-order valence-electron chi connectivity index (χ0n) is 10.2. The molecule has 0 aliphatic heterocycles. The van der Waals surface area contributed by atoms with E-state index in [1.54, 1.807) is 6.92 Å². The molecule has 0 spiro atoms. The fourth-order valence-electron chi connectivity index (χ4n) is 2.03. The molecule has 3 nitrogen and oxygen atoms in total. The normalized spacial score (nSPS) is 18.2. The van der Waals surface area contributed by atoms with Gasteiger partial charge in [-0.05, 0) is 31.4 Å². The van der Waals surface area contributed by atoms with E-state index in [4.69, 9.17) is 5.73 Å². The molecule has 18 heavy (non-hydrogen) atoms. The molecule has 1 saturated carbocycles. The summed E-state index contributed by atoms with van der Waals surface area (Å²) in [7, 11) is 0. The number of carbonyl (C=O) groups is 1. The Morgan fingerprint density at radius 3 is 2.67 bits per heavy atom. The molecule has 3 N–H and O–H groups in total. The first kappa shape index (κ1) is 13.0. The zero-order chi connectivity index (χ0) is 13.3. The lowest BCUT2D eigenvalue weighted by atomic mass is 9.95. The first-order valence-corrected chi connectivity index (χ1v) is 5.93. The second-order valence-corrected chi connectivity index (χ2v) is 4.91. The van der Waals surface area contributed by atoms with Gasteiger partial charge in [0.1, 0.15) is 11.6 Å². The summed E-state index contributed by atoms with van der Waals surface area (Å²) in [4.78, 5) is 11.4. The molecule has 1 unspecified atom stereocenters. The van der Waals surface area contributed by atoms with Gasteiger partial charge >= 0.3 is 0 Å². The van der Waals surface area contributed by atoms with Crippen LogP contribution in [-0.2, 0) is 10.2 Å². The minimum absolute atomic E-state index is 0.260. The lowest BCUT2D eigenvalue weighted by Crippen LogP contribution is -2.41. The maximum atomic E-state index is 13.7. The smallest absolute Gasteiger partial charge is 0.236 e. The second-order valence-electron chi connectivity index (χ2n) is 4.91. The molecule has 1 fully saturated rings. The van der Waals surface area contributed by atoms with Gasteiger partial charge in [-0.3, -0.25) is 4.79 Å². The van der Waals surface area contributed by atoms with Gasteiger partial charge in [0.2, 0.25) is 5.91 Å². The molecule has 5 heteroatoms. The highest BCUT2D eigenvalue weighted by atomic mass is 19.1. The van der Waals surface area contributed by atoms with Crippen LogP contribution in [0.15, 0.2) is 18.2 Å². The Kier molecular flexibility index (Phi) is 3.34. The molecule has 1 aromatic carbocycles. The lowest BCUT2D eigenvalue weighted by Gasteiger charge is -2.18. The van der Waals surface area contributed by atoms with Gasteiger partial charge in [0.05, 0.1) is 6.04 Å². The molecule has 0 heterocycles. The predicted octanol–water partition coefficient (Wildman–Crippen LogP) is 1.46. The zero-order valence-corrected chi connectivity index (χ0v) is 10.2. The largest absolute Gasteiger partial charge is 0.354 e. The van der Waals surface area contributed by atoms with Crippen molar-refractivity contribution in [3.05, 3.63) is 35.4 Å². The number of rotatable bonds is 4. The molecular weight excluding hydrogens is 238 g/mol. The van der Waals surface area contributed by atoms with Gasteiger partial charge in [-0.25, -0.2) is 8.78 Å². The van der Waals surface area contributed by atoms with Crippen LogP contribution in [0.3, 0.4) is 0 Å². The molecule has 1 atom stereocenters. The lowest BCUT2D eigenvalue weighted by molar-refractivity contribution is -0.122. The van der Waals surface area contributed by atoms with Crippen molar-refractivity contribution in [3.8, 4) is 0 Å². The minimum Gasteiger partial charge on any atom is -0.354 e. The van der Waals surface area contributed by atoms with E-state index in [9.17, 15) is 13.6 Å². The summed E-state index contributed by atoms with van der Waals surface area (Å²) < 4.78 is 26.5. The van der Waals surface area contributed by atoms with Crippen LogP contribution in [-0.4, -0.2) is 18.5 Å². The predicted molar refractivity (Wildman–Crippen MR) is 63.9 cm³/mol. The Balaban J connectivity index is 2.10. The van der Waals surface area contributed by atoms with Crippen LogP contribution in [0.5, 0.6) is 0 Å². The van der Waals surface area contributed by atoms with Gasteiger partial charge < -0.3 is 11.1 Å². The minimum atomic E-state index is -0.591. The first-order valence-electron chi connectivity index (χ1n) is 5.93. The summed E-state index contributed by atoms with van der Waals surface area (Å²) in [6.07, 6.45) is 1.57. The number of carbonyl (C=O) groups excluding carboxylic acids is 1. The van der Waals surface area contributed by atoms with Gasteiger partial charge in [-0.1, -0.05) is 6.07 Å². The van der Waals surface area contributed by atoms with Crippen LogP contribution in [0.4, 0.5) is 8.78 Å². The Morgan fingerprint density at radius 2 is 2.17 bits per heavy atom. The number of halogens is 2. The molecule has 1 amide bonds. The summed E-state index contributed by atoms with van der Waals surface area (Å²) in [6.45, 7) is 1.93. The summed E-state index contributed by atoms with van der Waals surface area (Å²) in [5, 5.41) is 2.70. The number of benzene rings is 1. The quantitative estimate of drug-likeness (QED) is 0.854. The molecule has 0 radical (unpaired) electrons. The third-order valence-electron chi connectivity index (χ3n) is 3.37. The maximum absolute atomic E-state index is 13.7. The topological polar surface area (TPSA) is 55.1 Å². The highest BCUT2D eigenvalue weighted by molar-refractivity contribution is 5.81. The van der Waals surface area contributed by atoms with Crippen LogP contribution in [0.2, 0.25) is 0 Å². The van der Waals surface area contributed by atoms with E-state index in [1.165, 1.54) is 12.1 Å². The maximum Gasteiger partial charge on any atom is 0.236 e. The van der Waals surface area contributed by atoms with E-state index in [-0.39, 0.29) is 11.3 Å². The van der Waals surface area contributed by atoms with Crippen molar-refractivity contribution >= 4 is 5.91 Å². The van der Waals surface area contributed by atoms with E-state index in [1.807, 2.05) is 0 Å². The van der Waals surface area contributed by atoms with Crippen molar-refractivity contribution in [1.29, 1.82) is 0 Å². The summed E-state index contributed by atoms with van der Waals surface area (Å²) in [6, 6.07) is 2.99. The molecular formula is C13H16F2N2O. The molecule has 2 rings (SSSR count). The first-order chi connectivity index (χ1) is 8.44. The van der Waals surface area contributed by atoms with Crippen LogP contribution in [0.25, 0.3) is 0 Å². The molecule has 98 valence electrons.